The van der Waals surface area contributed by atoms with Crippen LogP contribution in [0.4, 0.5) is 0 Å². The van der Waals surface area contributed by atoms with E-state index in [1.54, 1.807) is 0 Å². The Morgan fingerprint density at radius 1 is 1.45 bits per heavy atom. The summed E-state index contributed by atoms with van der Waals surface area (Å²) in [4.78, 5) is 6.10. The van der Waals surface area contributed by atoms with Crippen LogP contribution in [0.5, 0.6) is 0 Å². The van der Waals surface area contributed by atoms with Gasteiger partial charge in [-0.05, 0) is 34.0 Å². The molecular weight excluding hydrogens is 140 g/mol. The first-order chi connectivity index (χ1) is 5.02. The van der Waals surface area contributed by atoms with Crippen molar-refractivity contribution in [2.24, 2.45) is 16.5 Å². The Labute approximate surface area is 68.3 Å². The van der Waals surface area contributed by atoms with Crippen molar-refractivity contribution in [1.29, 1.82) is 0 Å². The van der Waals surface area contributed by atoms with Gasteiger partial charge < -0.3 is 16.4 Å². The summed E-state index contributed by atoms with van der Waals surface area (Å²) in [5.41, 5.74) is 10.4. The normalized spacial score (nSPS) is 13.1. The molecule has 0 aromatic rings. The molecular formula is C7H18N4. The summed E-state index contributed by atoms with van der Waals surface area (Å²) in [7, 11) is 4.06. The monoisotopic (exact) mass is 158 g/mol. The van der Waals surface area contributed by atoms with E-state index in [4.69, 9.17) is 11.5 Å². The van der Waals surface area contributed by atoms with Crippen molar-refractivity contribution in [3.05, 3.63) is 0 Å². The number of hydrogen-bond acceptors (Lipinski definition) is 2. The molecule has 0 amide bonds. The molecule has 11 heavy (non-hydrogen) atoms. The van der Waals surface area contributed by atoms with Crippen LogP contribution in [-0.4, -0.2) is 37.5 Å². The highest BCUT2D eigenvalue weighted by atomic mass is 15.1. The summed E-state index contributed by atoms with van der Waals surface area (Å²) in [5.74, 6) is 0.177. The van der Waals surface area contributed by atoms with Crippen molar-refractivity contribution in [2.75, 3.05) is 20.6 Å². The fourth-order valence-electron chi connectivity index (χ4n) is 0.764. The van der Waals surface area contributed by atoms with Gasteiger partial charge in [-0.3, -0.25) is 4.99 Å². The summed E-state index contributed by atoms with van der Waals surface area (Å²) in [6.07, 6.45) is 0.991. The lowest BCUT2D eigenvalue weighted by Gasteiger charge is -2.11. The highest BCUT2D eigenvalue weighted by molar-refractivity contribution is 5.75. The number of aliphatic imine (C=N–C) groups is 1. The molecule has 0 unspecified atom stereocenters. The third-order valence-corrected chi connectivity index (χ3v) is 1.36. The van der Waals surface area contributed by atoms with E-state index in [9.17, 15) is 0 Å². The van der Waals surface area contributed by atoms with Crippen molar-refractivity contribution >= 4 is 5.96 Å². The molecule has 0 saturated heterocycles. The zero-order chi connectivity index (χ0) is 8.85. The maximum Gasteiger partial charge on any atom is 0.186 e. The van der Waals surface area contributed by atoms with Crippen LogP contribution in [0.15, 0.2) is 4.99 Å². The predicted molar refractivity (Wildman–Crippen MR) is 48.4 cm³/mol. The first-order valence-electron chi connectivity index (χ1n) is 3.76. The van der Waals surface area contributed by atoms with Gasteiger partial charge in [0.2, 0.25) is 0 Å². The molecule has 0 aliphatic rings. The van der Waals surface area contributed by atoms with E-state index in [0.29, 0.717) is 0 Å². The maximum absolute atomic E-state index is 5.21. The predicted octanol–water partition coefficient (Wildman–Crippen LogP) is -0.400. The maximum atomic E-state index is 5.21. The summed E-state index contributed by atoms with van der Waals surface area (Å²) in [5, 5.41) is 0. The van der Waals surface area contributed by atoms with Crippen LogP contribution in [0.25, 0.3) is 0 Å². The minimum atomic E-state index is 0.177. The molecule has 0 aromatic carbocycles. The van der Waals surface area contributed by atoms with Gasteiger partial charge in [0.15, 0.2) is 5.96 Å². The Morgan fingerprint density at radius 3 is 2.36 bits per heavy atom. The smallest absolute Gasteiger partial charge is 0.186 e. The first-order valence-corrected chi connectivity index (χ1v) is 3.76. The van der Waals surface area contributed by atoms with E-state index in [0.717, 1.165) is 13.0 Å². The lowest BCUT2D eigenvalue weighted by atomic mass is 10.2. The van der Waals surface area contributed by atoms with Crippen LogP contribution < -0.4 is 11.5 Å². The average molecular weight is 158 g/mol. The Balaban J connectivity index is 3.53. The van der Waals surface area contributed by atoms with Gasteiger partial charge in [0.1, 0.15) is 0 Å². The molecule has 0 radical (unpaired) electrons. The fraction of sp³-hybridized carbons (Fsp3) is 0.857. The van der Waals surface area contributed by atoms with Crippen molar-refractivity contribution < 1.29 is 0 Å². The van der Waals surface area contributed by atoms with Gasteiger partial charge >= 0.3 is 0 Å². The third-order valence-electron chi connectivity index (χ3n) is 1.36. The summed E-state index contributed by atoms with van der Waals surface area (Å²) >= 11 is 0. The van der Waals surface area contributed by atoms with Gasteiger partial charge in [0.05, 0.1) is 6.04 Å². The quantitative estimate of drug-likeness (QED) is 0.432. The molecule has 66 valence electrons. The molecule has 0 aromatic heterocycles. The summed E-state index contributed by atoms with van der Waals surface area (Å²) in [6.45, 7) is 3.02. The molecule has 0 saturated carbocycles. The highest BCUT2D eigenvalue weighted by Gasteiger charge is 1.99. The molecule has 4 N–H and O–H groups in total. The van der Waals surface area contributed by atoms with Crippen molar-refractivity contribution in [3.63, 3.8) is 0 Å². The average Bonchev–Trinajstić information content (AvgIpc) is 1.82. The zero-order valence-corrected chi connectivity index (χ0v) is 7.54. The van der Waals surface area contributed by atoms with Gasteiger partial charge in [-0.15, -0.1) is 0 Å². The molecule has 0 heterocycles. The fourth-order valence-corrected chi connectivity index (χ4v) is 0.764. The number of nitrogens with two attached hydrogens (primary N) is 2. The lowest BCUT2D eigenvalue weighted by Crippen LogP contribution is -2.26. The van der Waals surface area contributed by atoms with Crippen LogP contribution >= 0.6 is 0 Å². The van der Waals surface area contributed by atoms with Crippen LogP contribution in [0.3, 0.4) is 0 Å². The van der Waals surface area contributed by atoms with Gasteiger partial charge in [0.25, 0.3) is 0 Å². The Kier molecular flexibility index (Phi) is 4.61. The van der Waals surface area contributed by atoms with Crippen LogP contribution in [-0.2, 0) is 0 Å². The molecule has 0 fully saturated rings. The second-order valence-electron chi connectivity index (χ2n) is 2.99. The molecule has 0 rings (SSSR count). The van der Waals surface area contributed by atoms with E-state index in [-0.39, 0.29) is 12.0 Å². The number of guanidine groups is 1. The minimum absolute atomic E-state index is 0.177. The number of rotatable bonds is 4. The van der Waals surface area contributed by atoms with Gasteiger partial charge in [-0.25, -0.2) is 0 Å². The Morgan fingerprint density at radius 2 is 2.00 bits per heavy atom. The second kappa shape index (κ2) is 4.96. The van der Waals surface area contributed by atoms with E-state index in [2.05, 4.69) is 9.89 Å². The molecule has 0 bridgehead atoms. The van der Waals surface area contributed by atoms with Crippen LogP contribution in [0.2, 0.25) is 0 Å². The molecule has 0 aliphatic heterocycles. The van der Waals surface area contributed by atoms with E-state index >= 15 is 0 Å². The largest absolute Gasteiger partial charge is 0.370 e. The topological polar surface area (TPSA) is 67.6 Å². The Hall–Kier alpha value is -0.770. The summed E-state index contributed by atoms with van der Waals surface area (Å²) < 4.78 is 0. The standard InChI is InChI=1S/C7H18N4/c1-6(10-7(8)9)4-5-11(2)3/h6H,4-5H2,1-3H3,(H4,8,9,10)/t6-/m0/s1. The summed E-state index contributed by atoms with van der Waals surface area (Å²) in [6, 6.07) is 0.224. The van der Waals surface area contributed by atoms with E-state index in [1.165, 1.54) is 0 Å². The third kappa shape index (κ3) is 7.12. The number of nitrogens with zero attached hydrogens (tertiary/aromatic N) is 2. The minimum Gasteiger partial charge on any atom is -0.370 e. The second-order valence-corrected chi connectivity index (χ2v) is 2.99. The first kappa shape index (κ1) is 10.2. The van der Waals surface area contributed by atoms with Crippen LogP contribution in [0, 0.1) is 0 Å². The van der Waals surface area contributed by atoms with Gasteiger partial charge in [-0.1, -0.05) is 0 Å². The highest BCUT2D eigenvalue weighted by Crippen LogP contribution is 1.96. The Bertz CT molecular complexity index is 126. The van der Waals surface area contributed by atoms with Crippen molar-refractivity contribution in [1.82, 2.24) is 4.90 Å². The van der Waals surface area contributed by atoms with Crippen molar-refractivity contribution in [3.8, 4) is 0 Å². The number of hydrogen-bond donors (Lipinski definition) is 2. The van der Waals surface area contributed by atoms with Gasteiger partial charge in [0, 0.05) is 0 Å². The molecule has 1 atom stereocenters. The van der Waals surface area contributed by atoms with E-state index in [1.807, 2.05) is 21.0 Å². The lowest BCUT2D eigenvalue weighted by molar-refractivity contribution is 0.386. The van der Waals surface area contributed by atoms with Crippen LogP contribution in [0.1, 0.15) is 13.3 Å². The van der Waals surface area contributed by atoms with Crippen molar-refractivity contribution in [2.45, 2.75) is 19.4 Å². The molecule has 4 heteroatoms. The molecule has 0 aliphatic carbocycles. The SMILES string of the molecule is C[C@@H](CCN(C)C)N=C(N)N. The molecule has 4 nitrogen and oxygen atoms in total. The molecule has 0 spiro atoms. The van der Waals surface area contributed by atoms with E-state index < -0.39 is 0 Å². The zero-order valence-electron chi connectivity index (χ0n) is 7.54. The van der Waals surface area contributed by atoms with Gasteiger partial charge in [-0.2, -0.15) is 0 Å².